The molecule has 1 heterocycles. The van der Waals surface area contributed by atoms with Gasteiger partial charge in [-0.15, -0.1) is 0 Å². The lowest BCUT2D eigenvalue weighted by molar-refractivity contribution is 0.0923. The van der Waals surface area contributed by atoms with Gasteiger partial charge in [0.1, 0.15) is 0 Å². The summed E-state index contributed by atoms with van der Waals surface area (Å²) in [5, 5.41) is 9.36. The molecule has 3 rings (SSSR count). The molecule has 0 saturated heterocycles. The van der Waals surface area contributed by atoms with E-state index < -0.39 is 11.6 Å². The van der Waals surface area contributed by atoms with E-state index in [1.807, 2.05) is 39.0 Å². The third kappa shape index (κ3) is 4.31. The quantitative estimate of drug-likeness (QED) is 0.574. The summed E-state index contributed by atoms with van der Waals surface area (Å²) in [6, 6.07) is 14.3. The van der Waals surface area contributed by atoms with Crippen LogP contribution in [0.1, 0.15) is 59.9 Å². The summed E-state index contributed by atoms with van der Waals surface area (Å²) in [5.41, 5.74) is 2.00. The van der Waals surface area contributed by atoms with E-state index in [2.05, 4.69) is 0 Å². The molecule has 2 aromatic carbocycles. The highest BCUT2D eigenvalue weighted by molar-refractivity contribution is 6.34. The number of anilines is 1. The molecule has 1 N–H and O–H groups in total. The Labute approximate surface area is 170 Å². The van der Waals surface area contributed by atoms with Crippen molar-refractivity contribution >= 4 is 23.6 Å². The molecule has 0 spiro atoms. The number of unbranched alkanes of at least 4 members (excludes halogenated alkanes) is 1. The molecule has 0 bridgehead atoms. The standard InChI is InChI=1S/C23H26N2O4/c1-23(2,3)24(22(28)29)14-7-6-9-16-10-8-11-17(15-16)25-20(26)18-12-4-5-13-19(18)21(25)27/h4-5,8,10-13,15H,6-7,9,14H2,1-3H3,(H,28,29). The molecule has 0 aliphatic carbocycles. The molecule has 2 aromatic rings. The number of hydrogen-bond acceptors (Lipinski definition) is 3. The van der Waals surface area contributed by atoms with Crippen LogP contribution in [0, 0.1) is 0 Å². The minimum absolute atomic E-state index is 0.301. The number of rotatable bonds is 6. The summed E-state index contributed by atoms with van der Waals surface area (Å²) in [6.07, 6.45) is 1.38. The molecule has 0 unspecified atom stereocenters. The van der Waals surface area contributed by atoms with E-state index in [9.17, 15) is 19.5 Å². The number of benzene rings is 2. The average Bonchev–Trinajstić information content (AvgIpc) is 2.91. The third-order valence-corrected chi connectivity index (χ3v) is 5.10. The maximum atomic E-state index is 12.7. The number of carbonyl (C=O) groups is 3. The second-order valence-corrected chi connectivity index (χ2v) is 8.22. The zero-order valence-electron chi connectivity index (χ0n) is 17.0. The second kappa shape index (κ2) is 8.07. The fourth-order valence-electron chi connectivity index (χ4n) is 3.59. The van der Waals surface area contributed by atoms with Crippen molar-refractivity contribution in [2.24, 2.45) is 0 Å². The number of carbonyl (C=O) groups excluding carboxylic acids is 2. The van der Waals surface area contributed by atoms with E-state index in [1.165, 1.54) is 9.80 Å². The van der Waals surface area contributed by atoms with Crippen molar-refractivity contribution in [3.8, 4) is 0 Å². The van der Waals surface area contributed by atoms with Gasteiger partial charge < -0.3 is 10.0 Å². The zero-order valence-corrected chi connectivity index (χ0v) is 17.0. The van der Waals surface area contributed by atoms with Gasteiger partial charge in [0.2, 0.25) is 0 Å². The summed E-state index contributed by atoms with van der Waals surface area (Å²) in [4.78, 5) is 39.4. The summed E-state index contributed by atoms with van der Waals surface area (Å²) < 4.78 is 0. The summed E-state index contributed by atoms with van der Waals surface area (Å²) in [7, 11) is 0. The van der Waals surface area contributed by atoms with Crippen molar-refractivity contribution in [1.29, 1.82) is 0 Å². The number of amides is 3. The highest BCUT2D eigenvalue weighted by Crippen LogP contribution is 2.29. The lowest BCUT2D eigenvalue weighted by Crippen LogP contribution is -2.45. The Morgan fingerprint density at radius 2 is 1.59 bits per heavy atom. The fourth-order valence-corrected chi connectivity index (χ4v) is 3.59. The van der Waals surface area contributed by atoms with Crippen LogP contribution in [-0.2, 0) is 6.42 Å². The minimum Gasteiger partial charge on any atom is -0.465 e. The van der Waals surface area contributed by atoms with Gasteiger partial charge in [0, 0.05) is 12.1 Å². The van der Waals surface area contributed by atoms with Crippen LogP contribution >= 0.6 is 0 Å². The Balaban J connectivity index is 1.65. The third-order valence-electron chi connectivity index (χ3n) is 5.10. The molecule has 152 valence electrons. The number of hydrogen-bond donors (Lipinski definition) is 1. The molecule has 3 amide bonds. The normalized spacial score (nSPS) is 13.6. The first-order chi connectivity index (χ1) is 13.7. The summed E-state index contributed by atoms with van der Waals surface area (Å²) in [5.74, 6) is -0.602. The molecule has 0 fully saturated rings. The molecule has 0 saturated carbocycles. The average molecular weight is 394 g/mol. The van der Waals surface area contributed by atoms with Gasteiger partial charge in [-0.05, 0) is 69.9 Å². The molecular formula is C23H26N2O4. The number of nitrogens with zero attached hydrogens (tertiary/aromatic N) is 2. The van der Waals surface area contributed by atoms with Crippen molar-refractivity contribution < 1.29 is 19.5 Å². The zero-order chi connectivity index (χ0) is 21.2. The van der Waals surface area contributed by atoms with E-state index in [-0.39, 0.29) is 11.8 Å². The van der Waals surface area contributed by atoms with Gasteiger partial charge >= 0.3 is 6.09 Å². The van der Waals surface area contributed by atoms with Gasteiger partial charge in [-0.2, -0.15) is 0 Å². The van der Waals surface area contributed by atoms with Crippen LogP contribution in [0.4, 0.5) is 10.5 Å². The summed E-state index contributed by atoms with van der Waals surface area (Å²) in [6.45, 7) is 6.11. The Morgan fingerprint density at radius 3 is 2.14 bits per heavy atom. The number of imide groups is 1. The Hall–Kier alpha value is -3.15. The molecule has 1 aliphatic rings. The topological polar surface area (TPSA) is 77.9 Å². The molecule has 29 heavy (non-hydrogen) atoms. The largest absolute Gasteiger partial charge is 0.465 e. The van der Waals surface area contributed by atoms with Crippen molar-refractivity contribution in [1.82, 2.24) is 4.90 Å². The van der Waals surface area contributed by atoms with Gasteiger partial charge in [-0.3, -0.25) is 9.59 Å². The molecule has 0 atom stereocenters. The Kier molecular flexibility index (Phi) is 5.73. The van der Waals surface area contributed by atoms with Crippen molar-refractivity contribution in [2.75, 3.05) is 11.4 Å². The molecule has 0 radical (unpaired) electrons. The van der Waals surface area contributed by atoms with Crippen LogP contribution in [-0.4, -0.2) is 40.0 Å². The van der Waals surface area contributed by atoms with Crippen LogP contribution in [0.5, 0.6) is 0 Å². The highest BCUT2D eigenvalue weighted by atomic mass is 16.4. The Bertz CT molecular complexity index is 911. The first-order valence-corrected chi connectivity index (χ1v) is 9.77. The van der Waals surface area contributed by atoms with E-state index in [4.69, 9.17) is 0 Å². The van der Waals surface area contributed by atoms with Crippen LogP contribution in [0.2, 0.25) is 0 Å². The van der Waals surface area contributed by atoms with Gasteiger partial charge in [0.15, 0.2) is 0 Å². The highest BCUT2D eigenvalue weighted by Gasteiger charge is 2.36. The number of carboxylic acid groups (broad SMARTS) is 1. The first kappa shape index (κ1) is 20.6. The molecule has 6 heteroatoms. The van der Waals surface area contributed by atoms with Crippen LogP contribution in [0.15, 0.2) is 48.5 Å². The molecule has 6 nitrogen and oxygen atoms in total. The number of fused-ring (bicyclic) bond motifs is 1. The van der Waals surface area contributed by atoms with Crippen molar-refractivity contribution in [3.63, 3.8) is 0 Å². The van der Waals surface area contributed by atoms with Gasteiger partial charge in [-0.25, -0.2) is 9.69 Å². The molecule has 1 aliphatic heterocycles. The fraction of sp³-hybridized carbons (Fsp3) is 0.348. The SMILES string of the molecule is CC(C)(C)N(CCCCc1cccc(N2C(=O)c3ccccc3C2=O)c1)C(=O)O. The van der Waals surface area contributed by atoms with E-state index in [1.54, 1.807) is 30.3 Å². The van der Waals surface area contributed by atoms with E-state index >= 15 is 0 Å². The number of aryl methyl sites for hydroxylation is 1. The second-order valence-electron chi connectivity index (χ2n) is 8.22. The predicted molar refractivity (Wildman–Crippen MR) is 111 cm³/mol. The van der Waals surface area contributed by atoms with Crippen molar-refractivity contribution in [3.05, 3.63) is 65.2 Å². The maximum Gasteiger partial charge on any atom is 0.407 e. The van der Waals surface area contributed by atoms with E-state index in [0.717, 1.165) is 24.8 Å². The summed E-state index contributed by atoms with van der Waals surface area (Å²) >= 11 is 0. The maximum absolute atomic E-state index is 12.7. The van der Waals surface area contributed by atoms with Crippen LogP contribution in [0.3, 0.4) is 0 Å². The Morgan fingerprint density at radius 1 is 0.966 bits per heavy atom. The van der Waals surface area contributed by atoms with Gasteiger partial charge in [0.05, 0.1) is 16.8 Å². The monoisotopic (exact) mass is 394 g/mol. The van der Waals surface area contributed by atoms with Gasteiger partial charge in [0.25, 0.3) is 11.8 Å². The minimum atomic E-state index is -0.912. The lowest BCUT2D eigenvalue weighted by atomic mass is 10.0. The van der Waals surface area contributed by atoms with Crippen LogP contribution < -0.4 is 4.90 Å². The first-order valence-electron chi connectivity index (χ1n) is 9.77. The molecular weight excluding hydrogens is 368 g/mol. The predicted octanol–water partition coefficient (Wildman–Crippen LogP) is 4.59. The van der Waals surface area contributed by atoms with Crippen LogP contribution in [0.25, 0.3) is 0 Å². The van der Waals surface area contributed by atoms with Gasteiger partial charge in [-0.1, -0.05) is 24.3 Å². The smallest absolute Gasteiger partial charge is 0.407 e. The molecule has 0 aromatic heterocycles. The lowest BCUT2D eigenvalue weighted by Gasteiger charge is -2.33. The van der Waals surface area contributed by atoms with E-state index in [0.29, 0.717) is 23.4 Å². The van der Waals surface area contributed by atoms with Crippen molar-refractivity contribution in [2.45, 2.75) is 45.6 Å².